The predicted octanol–water partition coefficient (Wildman–Crippen LogP) is 13.4. The molecule has 1 aromatic carbocycles. The van der Waals surface area contributed by atoms with Gasteiger partial charge < -0.3 is 10.1 Å². The van der Waals surface area contributed by atoms with Gasteiger partial charge in [0.1, 0.15) is 0 Å². The van der Waals surface area contributed by atoms with Crippen LogP contribution in [0.3, 0.4) is 0 Å². The van der Waals surface area contributed by atoms with E-state index in [0.29, 0.717) is 0 Å². The van der Waals surface area contributed by atoms with Crippen LogP contribution in [0.25, 0.3) is 0 Å². The van der Waals surface area contributed by atoms with Crippen molar-refractivity contribution in [3.8, 4) is 0 Å². The first-order valence-corrected chi connectivity index (χ1v) is 18.7. The molecule has 0 aliphatic heterocycles. The molecule has 0 aliphatic carbocycles. The fraction of sp³-hybridized carbons (Fsp3) is 0.846. The number of hydrogen-bond acceptors (Lipinski definition) is 2. The Hall–Kier alpha value is -1.02. The second kappa shape index (κ2) is 29.1. The van der Waals surface area contributed by atoms with Gasteiger partial charge in [-0.15, -0.1) is 0 Å². The summed E-state index contributed by atoms with van der Waals surface area (Å²) in [5, 5.41) is 3.66. The van der Waals surface area contributed by atoms with Crippen molar-refractivity contribution in [2.45, 2.75) is 200 Å². The Morgan fingerprint density at radius 2 is 0.854 bits per heavy atom. The molecule has 1 aromatic rings. The maximum Gasteiger partial charge on any atom is 0.0683 e. The quantitative estimate of drug-likeness (QED) is 0.0868. The van der Waals surface area contributed by atoms with Crippen molar-refractivity contribution < 1.29 is 4.74 Å². The van der Waals surface area contributed by atoms with Crippen LogP contribution in [0.1, 0.15) is 194 Å². The van der Waals surface area contributed by atoms with Crippen molar-refractivity contribution in [1.29, 1.82) is 0 Å². The summed E-state index contributed by atoms with van der Waals surface area (Å²) in [7, 11) is 0. The van der Waals surface area contributed by atoms with Crippen LogP contribution in [-0.2, 0) is 4.74 Å². The van der Waals surface area contributed by atoms with Crippen molar-refractivity contribution in [1.82, 2.24) is 0 Å². The third-order valence-electron chi connectivity index (χ3n) is 9.04. The molecular weight excluding hydrogens is 498 g/mol. The minimum atomic E-state index is 0.0884. The summed E-state index contributed by atoms with van der Waals surface area (Å²) in [4.78, 5) is 0. The highest BCUT2D eigenvalue weighted by molar-refractivity contribution is 5.42. The Labute approximate surface area is 258 Å². The molecule has 1 unspecified atom stereocenters. The average molecular weight is 572 g/mol. The molecule has 0 amide bonds. The lowest BCUT2D eigenvalue weighted by Gasteiger charge is -2.35. The van der Waals surface area contributed by atoms with Crippen LogP contribution in [0.4, 0.5) is 5.69 Å². The summed E-state index contributed by atoms with van der Waals surface area (Å²) in [6, 6.07) is 10.7. The van der Waals surface area contributed by atoms with Crippen LogP contribution < -0.4 is 5.32 Å². The van der Waals surface area contributed by atoms with E-state index in [2.05, 4.69) is 56.4 Å². The fourth-order valence-electron chi connectivity index (χ4n) is 6.30. The Bertz CT molecular complexity index is 632. The van der Waals surface area contributed by atoms with Gasteiger partial charge in [0.2, 0.25) is 0 Å². The highest BCUT2D eigenvalue weighted by atomic mass is 16.5. The smallest absolute Gasteiger partial charge is 0.0683 e. The number of nitrogens with one attached hydrogen (secondary N) is 1. The van der Waals surface area contributed by atoms with Gasteiger partial charge in [0.25, 0.3) is 0 Å². The second-order valence-corrected chi connectivity index (χ2v) is 13.0. The van der Waals surface area contributed by atoms with Gasteiger partial charge in [0, 0.05) is 18.8 Å². The van der Waals surface area contributed by atoms with Crippen LogP contribution in [0, 0.1) is 0 Å². The first-order chi connectivity index (χ1) is 20.3. The second-order valence-electron chi connectivity index (χ2n) is 13.0. The molecule has 0 aromatic heterocycles. The molecule has 0 heterocycles. The highest BCUT2D eigenvalue weighted by Gasteiger charge is 2.29. The molecule has 0 radical (unpaired) electrons. The van der Waals surface area contributed by atoms with Crippen molar-refractivity contribution in [3.05, 3.63) is 30.3 Å². The zero-order chi connectivity index (χ0) is 29.5. The summed E-state index contributed by atoms with van der Waals surface area (Å²) in [6.07, 6.45) is 36.7. The van der Waals surface area contributed by atoms with E-state index in [4.69, 9.17) is 4.74 Å². The molecule has 41 heavy (non-hydrogen) atoms. The molecule has 0 aliphatic rings. The topological polar surface area (TPSA) is 21.3 Å². The Balaban J connectivity index is 2.62. The lowest BCUT2D eigenvalue weighted by atomic mass is 9.85. The van der Waals surface area contributed by atoms with Gasteiger partial charge in [-0.1, -0.05) is 180 Å². The van der Waals surface area contributed by atoms with E-state index in [-0.39, 0.29) is 5.60 Å². The minimum Gasteiger partial charge on any atom is -0.385 e. The largest absolute Gasteiger partial charge is 0.385 e. The molecule has 1 atom stereocenters. The number of rotatable bonds is 32. The molecule has 1 rings (SSSR count). The van der Waals surface area contributed by atoms with Gasteiger partial charge in [-0.25, -0.2) is 0 Å². The van der Waals surface area contributed by atoms with E-state index in [1.807, 2.05) is 0 Å². The van der Waals surface area contributed by atoms with Gasteiger partial charge in [-0.2, -0.15) is 0 Å². The Morgan fingerprint density at radius 3 is 1.32 bits per heavy atom. The van der Waals surface area contributed by atoms with E-state index in [1.165, 1.54) is 179 Å². The van der Waals surface area contributed by atoms with Crippen molar-refractivity contribution in [2.24, 2.45) is 0 Å². The number of anilines is 1. The summed E-state index contributed by atoms with van der Waals surface area (Å²) < 4.78 is 7.00. The number of para-hydroxylation sites is 1. The normalized spacial score (nSPS) is 13.0. The van der Waals surface area contributed by atoms with Gasteiger partial charge >= 0.3 is 0 Å². The average Bonchev–Trinajstić information content (AvgIpc) is 3.00. The molecule has 240 valence electrons. The van der Waals surface area contributed by atoms with E-state index < -0.39 is 0 Å². The third kappa shape index (κ3) is 23.2. The molecule has 0 saturated carbocycles. The summed E-state index contributed by atoms with van der Waals surface area (Å²) >= 11 is 0. The number of unbranched alkanes of at least 4 members (excludes halogenated alkanes) is 20. The van der Waals surface area contributed by atoms with E-state index in [1.54, 1.807) is 0 Å². The van der Waals surface area contributed by atoms with Crippen molar-refractivity contribution >= 4 is 5.69 Å². The SMILES string of the molecule is CCCCCCCCCCOC(CCCCCCCCC)(CCCCCCCCCC)CCCNc1ccccc1. The first kappa shape index (κ1) is 38.0. The molecule has 2 nitrogen and oxygen atoms in total. The van der Waals surface area contributed by atoms with Gasteiger partial charge in [-0.3, -0.25) is 0 Å². The highest BCUT2D eigenvalue weighted by Crippen LogP contribution is 2.33. The third-order valence-corrected chi connectivity index (χ3v) is 9.04. The Kier molecular flexibility index (Phi) is 26.9. The number of benzene rings is 1. The molecule has 0 bridgehead atoms. The fourth-order valence-corrected chi connectivity index (χ4v) is 6.30. The molecule has 0 saturated heterocycles. The van der Waals surface area contributed by atoms with Crippen LogP contribution in [0.15, 0.2) is 30.3 Å². The van der Waals surface area contributed by atoms with Crippen LogP contribution >= 0.6 is 0 Å². The molecule has 1 N–H and O–H groups in total. The summed E-state index contributed by atoms with van der Waals surface area (Å²) in [6.45, 7) is 8.95. The molecule has 0 fully saturated rings. The zero-order valence-corrected chi connectivity index (χ0v) is 28.3. The van der Waals surface area contributed by atoms with Crippen LogP contribution in [0.5, 0.6) is 0 Å². The predicted molar refractivity (Wildman–Crippen MR) is 185 cm³/mol. The molecular formula is C39H73NO. The maximum atomic E-state index is 7.00. The van der Waals surface area contributed by atoms with Crippen LogP contribution in [-0.4, -0.2) is 18.8 Å². The van der Waals surface area contributed by atoms with Gasteiger partial charge in [0.15, 0.2) is 0 Å². The zero-order valence-electron chi connectivity index (χ0n) is 28.3. The standard InChI is InChI=1S/C39H73NO/c1-4-7-10-13-16-19-22-28-34-39(33-27-21-18-15-12-9-6-3,35-30-36-40-38-31-25-24-26-32-38)41-37-29-23-20-17-14-11-8-5-2/h24-26,31-32,40H,4-23,27-30,33-37H2,1-3H3. The van der Waals surface area contributed by atoms with Gasteiger partial charge in [-0.05, 0) is 44.2 Å². The van der Waals surface area contributed by atoms with Gasteiger partial charge in [0.05, 0.1) is 5.60 Å². The Morgan fingerprint density at radius 1 is 0.463 bits per heavy atom. The van der Waals surface area contributed by atoms with Crippen molar-refractivity contribution in [3.63, 3.8) is 0 Å². The van der Waals surface area contributed by atoms with E-state index in [9.17, 15) is 0 Å². The first-order valence-electron chi connectivity index (χ1n) is 18.7. The minimum absolute atomic E-state index is 0.0884. The number of ether oxygens (including phenoxy) is 1. The molecule has 0 spiro atoms. The lowest BCUT2D eigenvalue weighted by Crippen LogP contribution is -2.34. The van der Waals surface area contributed by atoms with Crippen LogP contribution in [0.2, 0.25) is 0 Å². The maximum absolute atomic E-state index is 7.00. The van der Waals surface area contributed by atoms with E-state index >= 15 is 0 Å². The summed E-state index contributed by atoms with van der Waals surface area (Å²) in [5.41, 5.74) is 1.33. The lowest BCUT2D eigenvalue weighted by molar-refractivity contribution is -0.0686. The van der Waals surface area contributed by atoms with Crippen molar-refractivity contribution in [2.75, 3.05) is 18.5 Å². The van der Waals surface area contributed by atoms with E-state index in [0.717, 1.165) is 13.2 Å². The monoisotopic (exact) mass is 572 g/mol. The molecule has 2 heteroatoms. The summed E-state index contributed by atoms with van der Waals surface area (Å²) in [5.74, 6) is 0. The number of hydrogen-bond donors (Lipinski definition) is 1.